The third-order valence-electron chi connectivity index (χ3n) is 4.81. The van der Waals surface area contributed by atoms with Crippen LogP contribution in [-0.4, -0.2) is 51.2 Å². The number of H-pyrrole nitrogens is 1. The molecule has 3 heterocycles. The summed E-state index contributed by atoms with van der Waals surface area (Å²) in [6.45, 7) is 2.57. The monoisotopic (exact) mass is 340 g/mol. The number of likely N-dealkylation sites (N-methyl/N-ethyl adjacent to an activating group) is 1. The van der Waals surface area contributed by atoms with Crippen molar-refractivity contribution in [2.24, 2.45) is 0 Å². The molecule has 0 unspecified atom stereocenters. The van der Waals surface area contributed by atoms with Crippen LogP contribution in [0.3, 0.4) is 0 Å². The molecule has 1 aromatic carbocycles. The largest absolute Gasteiger partial charge is 0.354 e. The summed E-state index contributed by atoms with van der Waals surface area (Å²) in [6.07, 6.45) is 3.93. The highest BCUT2D eigenvalue weighted by atomic mass is 19.1. The van der Waals surface area contributed by atoms with Gasteiger partial charge in [-0.05, 0) is 44.2 Å². The molecule has 1 N–H and O–H groups in total. The van der Waals surface area contributed by atoms with E-state index < -0.39 is 0 Å². The second-order valence-corrected chi connectivity index (χ2v) is 6.56. The van der Waals surface area contributed by atoms with Gasteiger partial charge in [0.05, 0.1) is 12.1 Å². The maximum Gasteiger partial charge on any atom is 0.151 e. The summed E-state index contributed by atoms with van der Waals surface area (Å²) in [5, 5.41) is 8.19. The SMILES string of the molecule is CN(Cc1nc2c(F)cccc2[nH]1)[C@H]1CCCN(c2cccnn2)C1. The van der Waals surface area contributed by atoms with Crippen molar-refractivity contribution in [2.45, 2.75) is 25.4 Å². The quantitative estimate of drug-likeness (QED) is 0.791. The molecule has 130 valence electrons. The van der Waals surface area contributed by atoms with E-state index in [0.29, 0.717) is 18.1 Å². The third-order valence-corrected chi connectivity index (χ3v) is 4.81. The van der Waals surface area contributed by atoms with Crippen LogP contribution >= 0.6 is 0 Å². The molecule has 0 radical (unpaired) electrons. The van der Waals surface area contributed by atoms with Gasteiger partial charge in [-0.25, -0.2) is 9.37 Å². The second-order valence-electron chi connectivity index (χ2n) is 6.56. The van der Waals surface area contributed by atoms with E-state index >= 15 is 0 Å². The third kappa shape index (κ3) is 3.32. The number of nitrogens with zero attached hydrogens (tertiary/aromatic N) is 5. The zero-order chi connectivity index (χ0) is 17.2. The molecule has 6 nitrogen and oxygen atoms in total. The molecule has 7 heteroatoms. The highest BCUT2D eigenvalue weighted by Gasteiger charge is 2.24. The van der Waals surface area contributed by atoms with Gasteiger partial charge in [0.2, 0.25) is 0 Å². The highest BCUT2D eigenvalue weighted by Crippen LogP contribution is 2.21. The Morgan fingerprint density at radius 3 is 3.04 bits per heavy atom. The van der Waals surface area contributed by atoms with Crippen molar-refractivity contribution < 1.29 is 4.39 Å². The zero-order valence-electron chi connectivity index (χ0n) is 14.2. The van der Waals surface area contributed by atoms with Crippen LogP contribution < -0.4 is 4.90 Å². The van der Waals surface area contributed by atoms with Gasteiger partial charge in [-0.1, -0.05) is 6.07 Å². The van der Waals surface area contributed by atoms with Gasteiger partial charge >= 0.3 is 0 Å². The number of fused-ring (bicyclic) bond motifs is 1. The van der Waals surface area contributed by atoms with Crippen LogP contribution in [0, 0.1) is 5.82 Å². The van der Waals surface area contributed by atoms with Crippen LogP contribution in [0.5, 0.6) is 0 Å². The Hall–Kier alpha value is -2.54. The molecule has 1 aliphatic heterocycles. The van der Waals surface area contributed by atoms with E-state index in [9.17, 15) is 4.39 Å². The predicted octanol–water partition coefficient (Wildman–Crippen LogP) is 2.59. The van der Waals surface area contributed by atoms with Gasteiger partial charge in [-0.15, -0.1) is 5.10 Å². The lowest BCUT2D eigenvalue weighted by Gasteiger charge is -2.37. The smallest absolute Gasteiger partial charge is 0.151 e. The molecule has 0 aliphatic carbocycles. The number of aromatic amines is 1. The molecule has 4 rings (SSSR count). The van der Waals surface area contributed by atoms with Crippen LogP contribution in [0.25, 0.3) is 11.0 Å². The van der Waals surface area contributed by atoms with Crippen LogP contribution in [0.1, 0.15) is 18.7 Å². The Morgan fingerprint density at radius 2 is 2.24 bits per heavy atom. The Balaban J connectivity index is 1.46. The Kier molecular flexibility index (Phi) is 4.31. The molecule has 1 saturated heterocycles. The number of anilines is 1. The van der Waals surface area contributed by atoms with Crippen LogP contribution in [0.15, 0.2) is 36.5 Å². The predicted molar refractivity (Wildman–Crippen MR) is 94.8 cm³/mol. The van der Waals surface area contributed by atoms with Crippen LogP contribution in [0.2, 0.25) is 0 Å². The Bertz CT molecular complexity index is 849. The first-order chi connectivity index (χ1) is 12.2. The van der Waals surface area contributed by atoms with Crippen LogP contribution in [-0.2, 0) is 6.54 Å². The summed E-state index contributed by atoms with van der Waals surface area (Å²) in [4.78, 5) is 12.2. The number of para-hydroxylation sites is 1. The first-order valence-electron chi connectivity index (χ1n) is 8.57. The van der Waals surface area contributed by atoms with Crippen LogP contribution in [0.4, 0.5) is 10.2 Å². The van der Waals surface area contributed by atoms with Gasteiger partial charge in [-0.3, -0.25) is 4.90 Å². The van der Waals surface area contributed by atoms with Crippen molar-refractivity contribution in [3.05, 3.63) is 48.2 Å². The zero-order valence-corrected chi connectivity index (χ0v) is 14.2. The number of aromatic nitrogens is 4. The molecule has 3 aromatic rings. The number of imidazole rings is 1. The minimum atomic E-state index is -0.283. The van der Waals surface area contributed by atoms with E-state index in [4.69, 9.17) is 0 Å². The summed E-state index contributed by atoms with van der Waals surface area (Å²) in [6, 6.07) is 9.30. The van der Waals surface area contributed by atoms with E-state index in [0.717, 1.165) is 43.1 Å². The molecule has 0 saturated carbocycles. The lowest BCUT2D eigenvalue weighted by molar-refractivity contribution is 0.203. The van der Waals surface area contributed by atoms with Crippen molar-refractivity contribution in [3.8, 4) is 0 Å². The molecular weight excluding hydrogens is 319 g/mol. The number of halogens is 1. The van der Waals surface area contributed by atoms with Gasteiger partial charge in [-0.2, -0.15) is 5.10 Å². The molecule has 0 amide bonds. The van der Waals surface area contributed by atoms with Crippen molar-refractivity contribution in [2.75, 3.05) is 25.0 Å². The topological polar surface area (TPSA) is 60.9 Å². The van der Waals surface area contributed by atoms with E-state index in [2.05, 4.69) is 37.0 Å². The van der Waals surface area contributed by atoms with Crippen molar-refractivity contribution in [3.63, 3.8) is 0 Å². The maximum absolute atomic E-state index is 13.8. The maximum atomic E-state index is 13.8. The summed E-state index contributed by atoms with van der Waals surface area (Å²) in [5.41, 5.74) is 1.16. The fourth-order valence-corrected chi connectivity index (χ4v) is 3.47. The Morgan fingerprint density at radius 1 is 1.32 bits per heavy atom. The minimum Gasteiger partial charge on any atom is -0.354 e. The van der Waals surface area contributed by atoms with Crippen molar-refractivity contribution in [1.82, 2.24) is 25.1 Å². The molecule has 1 aliphatic rings. The van der Waals surface area contributed by atoms with E-state index in [1.54, 1.807) is 12.3 Å². The lowest BCUT2D eigenvalue weighted by Crippen LogP contribution is -2.46. The van der Waals surface area contributed by atoms with Gasteiger partial charge in [0, 0.05) is 25.3 Å². The molecule has 2 aromatic heterocycles. The lowest BCUT2D eigenvalue weighted by atomic mass is 10.0. The van der Waals surface area contributed by atoms with Crippen molar-refractivity contribution in [1.29, 1.82) is 0 Å². The van der Waals surface area contributed by atoms with E-state index in [1.807, 2.05) is 18.2 Å². The number of nitrogens with one attached hydrogen (secondary N) is 1. The molecule has 25 heavy (non-hydrogen) atoms. The Labute approximate surface area is 145 Å². The fraction of sp³-hybridized carbons (Fsp3) is 0.389. The van der Waals surface area contributed by atoms with Gasteiger partial charge < -0.3 is 9.88 Å². The first kappa shape index (κ1) is 16.0. The number of hydrogen-bond donors (Lipinski definition) is 1. The first-order valence-corrected chi connectivity index (χ1v) is 8.57. The molecule has 0 spiro atoms. The normalized spacial score (nSPS) is 18.2. The van der Waals surface area contributed by atoms with E-state index in [-0.39, 0.29) is 5.82 Å². The number of piperidine rings is 1. The van der Waals surface area contributed by atoms with Gasteiger partial charge in [0.25, 0.3) is 0 Å². The highest BCUT2D eigenvalue weighted by molar-refractivity contribution is 5.75. The number of hydrogen-bond acceptors (Lipinski definition) is 5. The molecule has 0 bridgehead atoms. The standard InChI is InChI=1S/C18H21FN6/c1-24(12-16-21-15-7-2-6-14(19)18(15)22-16)13-5-4-10-25(11-13)17-8-3-9-20-23-17/h2-3,6-9,13H,4-5,10-12H2,1H3,(H,21,22)/t13-/m0/s1. The molecule has 1 fully saturated rings. The number of rotatable bonds is 4. The fourth-order valence-electron chi connectivity index (χ4n) is 3.47. The summed E-state index contributed by atoms with van der Waals surface area (Å²) >= 11 is 0. The van der Waals surface area contributed by atoms with E-state index in [1.165, 1.54) is 6.07 Å². The summed E-state index contributed by atoms with van der Waals surface area (Å²) in [7, 11) is 2.09. The second kappa shape index (κ2) is 6.76. The summed E-state index contributed by atoms with van der Waals surface area (Å²) < 4.78 is 13.8. The average Bonchev–Trinajstić information content (AvgIpc) is 3.06. The van der Waals surface area contributed by atoms with Gasteiger partial charge in [0.15, 0.2) is 11.6 Å². The van der Waals surface area contributed by atoms with Gasteiger partial charge in [0.1, 0.15) is 11.3 Å². The summed E-state index contributed by atoms with van der Waals surface area (Å²) in [5.74, 6) is 1.43. The molecular formula is C18H21FN6. The van der Waals surface area contributed by atoms with Crippen molar-refractivity contribution >= 4 is 16.9 Å². The average molecular weight is 340 g/mol. The molecule has 1 atom stereocenters. The minimum absolute atomic E-state index is 0.283. The number of benzene rings is 1.